The van der Waals surface area contributed by atoms with E-state index in [0.717, 1.165) is 22.3 Å². The fourth-order valence-corrected chi connectivity index (χ4v) is 8.91. The minimum Gasteiger partial charge on any atom is -0.294 e. The van der Waals surface area contributed by atoms with Crippen LogP contribution in [0.5, 0.6) is 0 Å². The summed E-state index contributed by atoms with van der Waals surface area (Å²) in [4.78, 5) is 0. The average Bonchev–Trinajstić information content (AvgIpc) is 3.61. The summed E-state index contributed by atoms with van der Waals surface area (Å²) in [5.41, 5.74) is 19.2. The zero-order valence-electron chi connectivity index (χ0n) is 31.8. The lowest BCUT2D eigenvalue weighted by atomic mass is 9.83. The van der Waals surface area contributed by atoms with Crippen LogP contribution in [-0.2, 0) is 0 Å². The number of aromatic nitrogens is 1. The van der Waals surface area contributed by atoms with Crippen molar-refractivity contribution in [3.05, 3.63) is 224 Å². The second kappa shape index (κ2) is 14.1. The SMILES string of the molecule is c1ccc(-c2cc3cc4ccccc4cc3c(-c3ccccc3)c2-c2ccc(Nn3c4ccccc4c4ccc(-c5ccccc5)c(-c5ccccc5)c43)cc2)cc1. The van der Waals surface area contributed by atoms with E-state index in [0.29, 0.717) is 0 Å². The summed E-state index contributed by atoms with van der Waals surface area (Å²) in [7, 11) is 0. The summed E-state index contributed by atoms with van der Waals surface area (Å²) in [6.45, 7) is 0. The summed E-state index contributed by atoms with van der Waals surface area (Å²) in [5.74, 6) is 0. The highest BCUT2D eigenvalue weighted by atomic mass is 15.4. The Balaban J connectivity index is 1.12. The molecule has 0 spiro atoms. The minimum atomic E-state index is 1.00. The first-order valence-electron chi connectivity index (χ1n) is 19.9. The molecule has 0 fully saturated rings. The number of rotatable bonds is 7. The largest absolute Gasteiger partial charge is 0.294 e. The van der Waals surface area contributed by atoms with E-state index in [9.17, 15) is 0 Å². The van der Waals surface area contributed by atoms with Gasteiger partial charge in [0.1, 0.15) is 0 Å². The Morgan fingerprint density at radius 3 is 1.47 bits per heavy atom. The van der Waals surface area contributed by atoms with Crippen molar-refractivity contribution in [3.63, 3.8) is 0 Å². The van der Waals surface area contributed by atoms with Gasteiger partial charge in [-0.3, -0.25) is 10.1 Å². The summed E-state index contributed by atoms with van der Waals surface area (Å²) in [6.07, 6.45) is 0. The third kappa shape index (κ3) is 5.74. The Hall–Kier alpha value is -7.68. The van der Waals surface area contributed by atoms with Crippen LogP contribution in [0.4, 0.5) is 5.69 Å². The first-order valence-corrected chi connectivity index (χ1v) is 19.9. The lowest BCUT2D eigenvalue weighted by molar-refractivity contribution is 1.06. The van der Waals surface area contributed by atoms with E-state index in [1.165, 1.54) is 82.4 Å². The molecule has 11 rings (SSSR count). The van der Waals surface area contributed by atoms with Gasteiger partial charge in [-0.15, -0.1) is 0 Å². The molecule has 0 saturated heterocycles. The van der Waals surface area contributed by atoms with Crippen LogP contribution in [0.3, 0.4) is 0 Å². The normalized spacial score (nSPS) is 11.4. The lowest BCUT2D eigenvalue weighted by Crippen LogP contribution is -2.09. The average molecular weight is 739 g/mol. The smallest absolute Gasteiger partial charge is 0.0794 e. The summed E-state index contributed by atoms with van der Waals surface area (Å²) >= 11 is 0. The van der Waals surface area contributed by atoms with Crippen LogP contribution in [0, 0.1) is 0 Å². The highest BCUT2D eigenvalue weighted by Crippen LogP contribution is 2.47. The molecule has 11 aromatic rings. The van der Waals surface area contributed by atoms with Crippen LogP contribution in [0.1, 0.15) is 0 Å². The van der Waals surface area contributed by atoms with Crippen molar-refractivity contribution < 1.29 is 0 Å². The number of fused-ring (bicyclic) bond motifs is 5. The van der Waals surface area contributed by atoms with Gasteiger partial charge in [0, 0.05) is 16.3 Å². The van der Waals surface area contributed by atoms with Crippen LogP contribution in [0.25, 0.3) is 99.0 Å². The van der Waals surface area contributed by atoms with Gasteiger partial charge in [0.25, 0.3) is 0 Å². The van der Waals surface area contributed by atoms with Crippen molar-refractivity contribution in [2.24, 2.45) is 0 Å². The first-order chi connectivity index (χ1) is 28.8. The van der Waals surface area contributed by atoms with Gasteiger partial charge >= 0.3 is 0 Å². The molecule has 0 bridgehead atoms. The minimum absolute atomic E-state index is 1.00. The molecular weight excluding hydrogens is 701 g/mol. The van der Waals surface area contributed by atoms with Gasteiger partial charge in [0.15, 0.2) is 0 Å². The molecule has 0 aliphatic carbocycles. The topological polar surface area (TPSA) is 17.0 Å². The van der Waals surface area contributed by atoms with E-state index >= 15 is 0 Å². The quantitative estimate of drug-likeness (QED) is 0.161. The molecule has 1 aromatic heterocycles. The number of hydrogen-bond donors (Lipinski definition) is 1. The number of hydrogen-bond acceptors (Lipinski definition) is 1. The fourth-order valence-electron chi connectivity index (χ4n) is 8.91. The maximum atomic E-state index is 3.90. The maximum absolute atomic E-state index is 3.90. The van der Waals surface area contributed by atoms with Crippen LogP contribution >= 0.6 is 0 Å². The number of nitrogens with one attached hydrogen (secondary N) is 1. The van der Waals surface area contributed by atoms with Gasteiger partial charge in [-0.2, -0.15) is 0 Å². The zero-order valence-corrected chi connectivity index (χ0v) is 31.8. The molecule has 2 nitrogen and oxygen atoms in total. The second-order valence-electron chi connectivity index (χ2n) is 15.0. The third-order valence-electron chi connectivity index (χ3n) is 11.6. The third-order valence-corrected chi connectivity index (χ3v) is 11.6. The lowest BCUT2D eigenvalue weighted by Gasteiger charge is -2.21. The molecule has 2 heteroatoms. The van der Waals surface area contributed by atoms with E-state index in [1.54, 1.807) is 0 Å². The standard InChI is InChI=1S/C56H38N2/c1-5-17-38(18-6-1)47-33-34-49-48-27-15-16-28-52(48)58(56(49)55(47)41-23-11-4-12-24-41)57-46-31-29-42(30-32-46)54-50(39-19-7-2-8-20-39)37-45-35-43-25-13-14-26-44(43)36-51(45)53(54)40-21-9-3-10-22-40/h1-37,57H. The zero-order chi connectivity index (χ0) is 38.4. The summed E-state index contributed by atoms with van der Waals surface area (Å²) < 4.78 is 2.29. The predicted molar refractivity (Wildman–Crippen MR) is 247 cm³/mol. The Bertz CT molecular complexity index is 3260. The van der Waals surface area contributed by atoms with Gasteiger partial charge in [0.2, 0.25) is 0 Å². The van der Waals surface area contributed by atoms with Crippen molar-refractivity contribution in [2.45, 2.75) is 0 Å². The maximum Gasteiger partial charge on any atom is 0.0794 e. The molecule has 0 aliphatic rings. The molecule has 272 valence electrons. The van der Waals surface area contributed by atoms with E-state index in [-0.39, 0.29) is 0 Å². The molecule has 58 heavy (non-hydrogen) atoms. The van der Waals surface area contributed by atoms with Crippen LogP contribution in [0.2, 0.25) is 0 Å². The Morgan fingerprint density at radius 2 is 0.810 bits per heavy atom. The van der Waals surface area contributed by atoms with Gasteiger partial charge in [-0.25, -0.2) is 0 Å². The molecule has 1 heterocycles. The molecule has 0 saturated carbocycles. The van der Waals surface area contributed by atoms with Crippen LogP contribution in [-0.4, -0.2) is 4.68 Å². The monoisotopic (exact) mass is 738 g/mol. The molecule has 10 aromatic carbocycles. The summed E-state index contributed by atoms with van der Waals surface area (Å²) in [5, 5.41) is 7.38. The van der Waals surface area contributed by atoms with Gasteiger partial charge in [-0.1, -0.05) is 188 Å². The molecule has 0 atom stereocenters. The van der Waals surface area contributed by atoms with Crippen molar-refractivity contribution in [2.75, 3.05) is 5.43 Å². The van der Waals surface area contributed by atoms with Gasteiger partial charge in [-0.05, 0) is 108 Å². The molecular formula is C56H38N2. The van der Waals surface area contributed by atoms with E-state index in [1.807, 2.05) is 0 Å². The van der Waals surface area contributed by atoms with Crippen molar-refractivity contribution >= 4 is 49.0 Å². The highest BCUT2D eigenvalue weighted by Gasteiger charge is 2.21. The predicted octanol–water partition coefficient (Wildman–Crippen LogP) is 15.3. The fraction of sp³-hybridized carbons (Fsp3) is 0. The Morgan fingerprint density at radius 1 is 0.293 bits per heavy atom. The molecule has 0 aliphatic heterocycles. The number of benzene rings is 10. The van der Waals surface area contributed by atoms with Crippen molar-refractivity contribution in [3.8, 4) is 55.6 Å². The van der Waals surface area contributed by atoms with Crippen molar-refractivity contribution in [1.29, 1.82) is 0 Å². The summed E-state index contributed by atoms with van der Waals surface area (Å²) in [6, 6.07) is 81.3. The van der Waals surface area contributed by atoms with Crippen molar-refractivity contribution in [1.82, 2.24) is 4.68 Å². The van der Waals surface area contributed by atoms with Gasteiger partial charge in [0.05, 0.1) is 16.7 Å². The molecule has 0 amide bonds. The number of anilines is 1. The first kappa shape index (κ1) is 33.6. The highest BCUT2D eigenvalue weighted by molar-refractivity contribution is 6.16. The van der Waals surface area contributed by atoms with Gasteiger partial charge < -0.3 is 0 Å². The van der Waals surface area contributed by atoms with E-state index in [2.05, 4.69) is 235 Å². The van der Waals surface area contributed by atoms with Crippen LogP contribution < -0.4 is 5.43 Å². The Labute approximate surface area is 337 Å². The van der Waals surface area contributed by atoms with E-state index in [4.69, 9.17) is 0 Å². The molecule has 1 N–H and O–H groups in total. The van der Waals surface area contributed by atoms with E-state index < -0.39 is 0 Å². The van der Waals surface area contributed by atoms with Crippen LogP contribution in [0.15, 0.2) is 224 Å². The number of nitrogens with zero attached hydrogens (tertiary/aromatic N) is 1. The Kier molecular flexibility index (Phi) is 8.19. The molecule has 0 radical (unpaired) electrons. The molecule has 0 unspecified atom stereocenters. The second-order valence-corrected chi connectivity index (χ2v) is 15.0. The number of para-hydroxylation sites is 1.